The average Bonchev–Trinajstić information content (AvgIpc) is 2.01. The van der Waals surface area contributed by atoms with Gasteiger partial charge >= 0.3 is 0 Å². The number of hydrogen-bond acceptors (Lipinski definition) is 3. The van der Waals surface area contributed by atoms with Crippen molar-refractivity contribution in [1.29, 1.82) is 5.26 Å². The molecule has 68 valence electrons. The number of benzene rings is 1. The Morgan fingerprint density at radius 1 is 1.46 bits per heavy atom. The summed E-state index contributed by atoms with van der Waals surface area (Å²) in [6.45, 7) is 0. The highest BCUT2D eigenvalue weighted by molar-refractivity contribution is 9.47. The van der Waals surface area contributed by atoms with Gasteiger partial charge < -0.3 is 0 Å². The van der Waals surface area contributed by atoms with Crippen LogP contribution in [0.3, 0.4) is 0 Å². The summed E-state index contributed by atoms with van der Waals surface area (Å²) >= 11 is 8.12. The van der Waals surface area contributed by atoms with Crippen LogP contribution in [0, 0.1) is 11.3 Å². The minimum atomic E-state index is -3.49. The summed E-state index contributed by atoms with van der Waals surface area (Å²) in [7, 11) is -3.49. The predicted molar refractivity (Wildman–Crippen MR) is 52.3 cm³/mol. The summed E-state index contributed by atoms with van der Waals surface area (Å²) in [6.07, 6.45) is 0. The third-order valence-electron chi connectivity index (χ3n) is 1.32. The van der Waals surface area contributed by atoms with Crippen molar-refractivity contribution in [2.24, 2.45) is 0 Å². The Morgan fingerprint density at radius 3 is 2.46 bits per heavy atom. The maximum atomic E-state index is 11.0. The first-order chi connectivity index (χ1) is 5.95. The summed E-state index contributed by atoms with van der Waals surface area (Å²) in [5.74, 6) is 0. The van der Waals surface area contributed by atoms with E-state index in [2.05, 4.69) is 14.8 Å². The fourth-order valence-electron chi connectivity index (χ4n) is 0.768. The van der Waals surface area contributed by atoms with E-state index in [-0.39, 0.29) is 9.92 Å². The molecule has 0 aliphatic heterocycles. The second-order valence-electron chi connectivity index (χ2n) is 2.19. The number of rotatable bonds is 1. The van der Waals surface area contributed by atoms with Crippen molar-refractivity contribution in [1.82, 2.24) is 0 Å². The number of nitrogens with zero attached hydrogens (tertiary/aromatic N) is 1. The van der Waals surface area contributed by atoms with Gasteiger partial charge in [-0.15, -0.1) is 0 Å². The molecule has 1 rings (SSSR count). The lowest BCUT2D eigenvalue weighted by Gasteiger charge is -1.99. The topological polar surface area (TPSA) is 57.9 Å². The normalized spacial score (nSPS) is 10.8. The molecule has 0 saturated carbocycles. The van der Waals surface area contributed by atoms with E-state index in [0.29, 0.717) is 5.56 Å². The average molecular weight is 281 g/mol. The quantitative estimate of drug-likeness (QED) is 0.742. The van der Waals surface area contributed by atoms with Crippen LogP contribution in [-0.4, -0.2) is 8.42 Å². The fraction of sp³-hybridized carbons (Fsp3) is 0. The van der Waals surface area contributed by atoms with Gasteiger partial charge in [0, 0.05) is 0 Å². The Hall–Kier alpha value is -0.570. The van der Waals surface area contributed by atoms with Crippen LogP contribution in [0.25, 0.3) is 0 Å². The first-order valence-electron chi connectivity index (χ1n) is 3.09. The molecule has 6 heteroatoms. The van der Waals surface area contributed by atoms with E-state index in [0.717, 1.165) is 0 Å². The molecular weight excluding hydrogens is 278 g/mol. The molecule has 0 saturated heterocycles. The van der Waals surface area contributed by atoms with Crippen molar-refractivity contribution in [3.05, 3.63) is 28.8 Å². The van der Waals surface area contributed by atoms with E-state index in [1.165, 1.54) is 18.2 Å². The van der Waals surface area contributed by atoms with Gasteiger partial charge in [-0.05, 0) is 18.2 Å². The lowest BCUT2D eigenvalue weighted by Crippen LogP contribution is -1.91. The van der Waals surface area contributed by atoms with Gasteiger partial charge in [0.25, 0.3) is 0 Å². The number of nitriles is 1. The molecule has 0 atom stereocenters. The van der Waals surface area contributed by atoms with Gasteiger partial charge in [-0.1, -0.05) is 11.6 Å². The minimum absolute atomic E-state index is 0.0341. The first-order valence-corrected chi connectivity index (χ1v) is 6.80. The third-order valence-corrected chi connectivity index (χ3v) is 3.68. The summed E-state index contributed by atoms with van der Waals surface area (Å²) in [6, 6.07) is 5.82. The van der Waals surface area contributed by atoms with Crippen LogP contribution in [0.15, 0.2) is 23.1 Å². The Labute approximate surface area is 88.1 Å². The van der Waals surface area contributed by atoms with Crippen LogP contribution in [0.5, 0.6) is 0 Å². The Kier molecular flexibility index (Phi) is 2.96. The SMILES string of the molecule is N#Cc1ccc(S(=O)(=O)Br)c(Cl)c1. The zero-order chi connectivity index (χ0) is 10.1. The molecule has 0 aliphatic carbocycles. The lowest BCUT2D eigenvalue weighted by atomic mass is 10.2. The monoisotopic (exact) mass is 279 g/mol. The molecule has 0 bridgehead atoms. The van der Waals surface area contributed by atoms with Crippen LogP contribution in [0.2, 0.25) is 5.02 Å². The summed E-state index contributed by atoms with van der Waals surface area (Å²) < 4.78 is 22.0. The molecule has 13 heavy (non-hydrogen) atoms. The Balaban J connectivity index is 3.40. The molecule has 0 unspecified atom stereocenters. The molecule has 0 amide bonds. The van der Waals surface area contributed by atoms with Crippen molar-refractivity contribution in [3.8, 4) is 6.07 Å². The van der Waals surface area contributed by atoms with Crippen LogP contribution in [0.4, 0.5) is 0 Å². The van der Waals surface area contributed by atoms with Gasteiger partial charge in [0.15, 0.2) is 0 Å². The highest BCUT2D eigenvalue weighted by Gasteiger charge is 2.13. The summed E-state index contributed by atoms with van der Waals surface area (Å²) in [4.78, 5) is -0.0341. The molecule has 1 aromatic carbocycles. The van der Waals surface area contributed by atoms with E-state index in [1.54, 1.807) is 0 Å². The van der Waals surface area contributed by atoms with Crippen molar-refractivity contribution in [2.75, 3.05) is 0 Å². The third kappa shape index (κ3) is 2.44. The van der Waals surface area contributed by atoms with Gasteiger partial charge in [-0.2, -0.15) is 5.26 Å². The van der Waals surface area contributed by atoms with Crippen LogP contribution >= 0.6 is 26.4 Å². The van der Waals surface area contributed by atoms with Crippen LogP contribution in [-0.2, 0) is 8.27 Å². The van der Waals surface area contributed by atoms with Crippen LogP contribution < -0.4 is 0 Å². The predicted octanol–water partition coefficient (Wildman–Crippen LogP) is 2.30. The van der Waals surface area contributed by atoms with Crippen LogP contribution in [0.1, 0.15) is 5.56 Å². The zero-order valence-corrected chi connectivity index (χ0v) is 9.32. The van der Waals surface area contributed by atoms with Gasteiger partial charge in [-0.25, -0.2) is 8.42 Å². The molecule has 0 N–H and O–H groups in total. The zero-order valence-electron chi connectivity index (χ0n) is 6.16. The smallest absolute Gasteiger partial charge is 0.212 e. The van der Waals surface area contributed by atoms with Crippen molar-refractivity contribution in [3.63, 3.8) is 0 Å². The van der Waals surface area contributed by atoms with Crippen molar-refractivity contribution < 1.29 is 8.42 Å². The molecule has 0 radical (unpaired) electrons. The lowest BCUT2D eigenvalue weighted by molar-refractivity contribution is 0.611. The van der Waals surface area contributed by atoms with Gasteiger partial charge in [-0.3, -0.25) is 0 Å². The second-order valence-corrected chi connectivity index (χ2v) is 6.47. The summed E-state index contributed by atoms with van der Waals surface area (Å²) in [5, 5.41) is 8.52. The van der Waals surface area contributed by atoms with Gasteiger partial charge in [0.1, 0.15) is 0 Å². The first kappa shape index (κ1) is 10.5. The maximum Gasteiger partial charge on any atom is 0.238 e. The van der Waals surface area contributed by atoms with E-state index < -0.39 is 8.27 Å². The van der Waals surface area contributed by atoms with Crippen molar-refractivity contribution in [2.45, 2.75) is 4.90 Å². The van der Waals surface area contributed by atoms with Gasteiger partial charge in [0.05, 0.1) is 36.4 Å². The highest BCUT2D eigenvalue weighted by Crippen LogP contribution is 2.26. The van der Waals surface area contributed by atoms with E-state index in [4.69, 9.17) is 16.9 Å². The largest absolute Gasteiger partial charge is 0.238 e. The maximum absolute atomic E-state index is 11.0. The molecule has 0 spiro atoms. The minimum Gasteiger partial charge on any atom is -0.212 e. The summed E-state index contributed by atoms with van der Waals surface area (Å²) in [5.41, 5.74) is 0.324. The van der Waals surface area contributed by atoms with Gasteiger partial charge in [0.2, 0.25) is 8.27 Å². The molecule has 0 heterocycles. The van der Waals surface area contributed by atoms with E-state index in [1.807, 2.05) is 6.07 Å². The molecule has 1 aromatic rings. The highest BCUT2D eigenvalue weighted by atomic mass is 79.9. The van der Waals surface area contributed by atoms with E-state index in [9.17, 15) is 8.42 Å². The molecular formula is C7H3BrClNO2S. The Bertz CT molecular complexity index is 478. The molecule has 0 aliphatic rings. The molecule has 0 aromatic heterocycles. The van der Waals surface area contributed by atoms with E-state index >= 15 is 0 Å². The Morgan fingerprint density at radius 2 is 2.08 bits per heavy atom. The second kappa shape index (κ2) is 3.66. The molecule has 0 fully saturated rings. The standard InChI is InChI=1S/C7H3BrClNO2S/c8-13(11,12)7-2-1-5(4-10)3-6(7)9/h1-3H. The fourth-order valence-corrected chi connectivity index (χ4v) is 2.90. The number of hydrogen-bond donors (Lipinski definition) is 0. The number of halogens is 2. The van der Waals surface area contributed by atoms with Crippen molar-refractivity contribution >= 4 is 34.7 Å². The molecule has 3 nitrogen and oxygen atoms in total.